The first-order valence-corrected chi connectivity index (χ1v) is 4.68. The molecule has 0 aromatic heterocycles. The van der Waals surface area contributed by atoms with E-state index in [0.717, 1.165) is 0 Å². The van der Waals surface area contributed by atoms with Crippen LogP contribution in [0, 0.1) is 0 Å². The Bertz CT molecular complexity index is 250. The summed E-state index contributed by atoms with van der Waals surface area (Å²) >= 11 is 0. The van der Waals surface area contributed by atoms with E-state index in [1.165, 1.54) is 0 Å². The van der Waals surface area contributed by atoms with Crippen molar-refractivity contribution in [1.82, 2.24) is 15.8 Å². The van der Waals surface area contributed by atoms with Gasteiger partial charge in [0.25, 0.3) is 0 Å². The molecule has 0 aliphatic carbocycles. The molecule has 0 bridgehead atoms. The maximum Gasteiger partial charge on any atom is 0.242 e. The Morgan fingerprint density at radius 1 is 1.43 bits per heavy atom. The first kappa shape index (κ1) is 9.42. The molecule has 2 N–H and O–H groups in total. The van der Waals surface area contributed by atoms with Gasteiger partial charge in [0, 0.05) is 13.1 Å². The summed E-state index contributed by atoms with van der Waals surface area (Å²) in [5, 5.41) is 0. The Kier molecular flexibility index (Phi) is 2.64. The summed E-state index contributed by atoms with van der Waals surface area (Å²) in [4.78, 5) is 24.4. The summed E-state index contributed by atoms with van der Waals surface area (Å²) in [7, 11) is 0. The SMILES string of the molecule is O=C1CC(C(=O)N2CCOCC2)NN1. The van der Waals surface area contributed by atoms with Crippen molar-refractivity contribution in [2.45, 2.75) is 12.5 Å². The van der Waals surface area contributed by atoms with Gasteiger partial charge in [0.15, 0.2) is 0 Å². The number of nitrogens with one attached hydrogen (secondary N) is 2. The molecular formula is C8H13N3O3. The number of amides is 2. The van der Waals surface area contributed by atoms with Crippen LogP contribution in [0.2, 0.25) is 0 Å². The van der Waals surface area contributed by atoms with Crippen molar-refractivity contribution in [3.63, 3.8) is 0 Å². The normalized spacial score (nSPS) is 27.6. The lowest BCUT2D eigenvalue weighted by Crippen LogP contribution is -2.49. The van der Waals surface area contributed by atoms with E-state index < -0.39 is 6.04 Å². The van der Waals surface area contributed by atoms with Gasteiger partial charge in [0.1, 0.15) is 6.04 Å². The first-order chi connectivity index (χ1) is 6.77. The third-order valence-electron chi connectivity index (χ3n) is 2.40. The molecule has 0 saturated carbocycles. The van der Waals surface area contributed by atoms with Crippen molar-refractivity contribution >= 4 is 11.8 Å². The van der Waals surface area contributed by atoms with Crippen LogP contribution in [-0.4, -0.2) is 49.1 Å². The van der Waals surface area contributed by atoms with Gasteiger partial charge in [-0.1, -0.05) is 0 Å². The number of ether oxygens (including phenoxy) is 1. The Morgan fingerprint density at radius 3 is 2.71 bits per heavy atom. The number of hydrogen-bond donors (Lipinski definition) is 2. The van der Waals surface area contributed by atoms with E-state index in [1.54, 1.807) is 4.90 Å². The van der Waals surface area contributed by atoms with Gasteiger partial charge in [-0.25, -0.2) is 5.43 Å². The average Bonchev–Trinajstić information content (AvgIpc) is 2.65. The minimum atomic E-state index is -0.402. The minimum absolute atomic E-state index is 0.0216. The summed E-state index contributed by atoms with van der Waals surface area (Å²) in [5.74, 6) is -0.150. The number of nitrogens with zero attached hydrogens (tertiary/aromatic N) is 1. The molecule has 1 atom stereocenters. The van der Waals surface area contributed by atoms with Crippen LogP contribution in [0.3, 0.4) is 0 Å². The lowest BCUT2D eigenvalue weighted by atomic mass is 10.2. The fraction of sp³-hybridized carbons (Fsp3) is 0.750. The van der Waals surface area contributed by atoms with Crippen LogP contribution in [0.15, 0.2) is 0 Å². The topological polar surface area (TPSA) is 70.7 Å². The highest BCUT2D eigenvalue weighted by molar-refractivity contribution is 5.90. The zero-order valence-corrected chi connectivity index (χ0v) is 7.78. The van der Waals surface area contributed by atoms with Crippen molar-refractivity contribution < 1.29 is 14.3 Å². The van der Waals surface area contributed by atoms with E-state index in [2.05, 4.69) is 10.9 Å². The van der Waals surface area contributed by atoms with E-state index in [1.807, 2.05) is 0 Å². The van der Waals surface area contributed by atoms with Gasteiger partial charge in [-0.3, -0.25) is 15.0 Å². The molecule has 2 saturated heterocycles. The maximum absolute atomic E-state index is 11.8. The second kappa shape index (κ2) is 3.93. The van der Waals surface area contributed by atoms with Crippen LogP contribution in [0.4, 0.5) is 0 Å². The largest absolute Gasteiger partial charge is 0.378 e. The Labute approximate surface area is 81.5 Å². The van der Waals surface area contributed by atoms with Gasteiger partial charge in [0.2, 0.25) is 11.8 Å². The number of carbonyl (C=O) groups is 2. The molecule has 0 spiro atoms. The van der Waals surface area contributed by atoms with E-state index >= 15 is 0 Å². The number of carbonyl (C=O) groups excluding carboxylic acids is 2. The van der Waals surface area contributed by atoms with E-state index in [9.17, 15) is 9.59 Å². The minimum Gasteiger partial charge on any atom is -0.378 e. The molecule has 1 unspecified atom stereocenters. The van der Waals surface area contributed by atoms with Crippen LogP contribution in [-0.2, 0) is 14.3 Å². The number of rotatable bonds is 1. The summed E-state index contributed by atoms with van der Waals surface area (Å²) in [6.07, 6.45) is 0.232. The van der Waals surface area contributed by atoms with E-state index in [0.29, 0.717) is 26.3 Å². The molecular weight excluding hydrogens is 186 g/mol. The molecule has 78 valence electrons. The van der Waals surface area contributed by atoms with Gasteiger partial charge in [-0.15, -0.1) is 0 Å². The average molecular weight is 199 g/mol. The highest BCUT2D eigenvalue weighted by Crippen LogP contribution is 2.05. The first-order valence-electron chi connectivity index (χ1n) is 4.68. The zero-order valence-electron chi connectivity index (χ0n) is 7.78. The molecule has 6 nitrogen and oxygen atoms in total. The smallest absolute Gasteiger partial charge is 0.242 e. The van der Waals surface area contributed by atoms with Crippen molar-refractivity contribution in [2.75, 3.05) is 26.3 Å². The van der Waals surface area contributed by atoms with Crippen LogP contribution in [0.5, 0.6) is 0 Å². The van der Waals surface area contributed by atoms with Gasteiger partial charge < -0.3 is 9.64 Å². The van der Waals surface area contributed by atoms with Crippen molar-refractivity contribution in [2.24, 2.45) is 0 Å². The summed E-state index contributed by atoms with van der Waals surface area (Å²) in [6.45, 7) is 2.40. The third kappa shape index (κ3) is 1.85. The molecule has 2 aliphatic rings. The zero-order chi connectivity index (χ0) is 9.97. The highest BCUT2D eigenvalue weighted by Gasteiger charge is 2.31. The second-order valence-corrected chi connectivity index (χ2v) is 3.39. The Morgan fingerprint density at radius 2 is 2.14 bits per heavy atom. The Balaban J connectivity index is 1.90. The fourth-order valence-corrected chi connectivity index (χ4v) is 1.61. The van der Waals surface area contributed by atoms with Crippen molar-refractivity contribution in [3.8, 4) is 0 Å². The summed E-state index contributed by atoms with van der Waals surface area (Å²) < 4.78 is 5.14. The second-order valence-electron chi connectivity index (χ2n) is 3.39. The molecule has 0 radical (unpaired) electrons. The van der Waals surface area contributed by atoms with Crippen LogP contribution in [0.25, 0.3) is 0 Å². The third-order valence-corrected chi connectivity index (χ3v) is 2.40. The standard InChI is InChI=1S/C8H13N3O3/c12-7-5-6(9-10-7)8(13)11-1-3-14-4-2-11/h6,9H,1-5H2,(H,10,12). The lowest BCUT2D eigenvalue weighted by molar-refractivity contribution is -0.137. The quantitative estimate of drug-likeness (QED) is 0.525. The number of hydrogen-bond acceptors (Lipinski definition) is 4. The Hall–Kier alpha value is -1.14. The molecule has 6 heteroatoms. The fourth-order valence-electron chi connectivity index (χ4n) is 1.61. The maximum atomic E-state index is 11.8. The number of morpholine rings is 1. The van der Waals surface area contributed by atoms with Crippen LogP contribution >= 0.6 is 0 Å². The highest BCUT2D eigenvalue weighted by atomic mass is 16.5. The molecule has 2 aliphatic heterocycles. The predicted molar refractivity (Wildman–Crippen MR) is 47.1 cm³/mol. The van der Waals surface area contributed by atoms with E-state index in [4.69, 9.17) is 4.74 Å². The monoisotopic (exact) mass is 199 g/mol. The predicted octanol–water partition coefficient (Wildman–Crippen LogP) is -1.76. The van der Waals surface area contributed by atoms with Gasteiger partial charge in [-0.2, -0.15) is 0 Å². The van der Waals surface area contributed by atoms with Crippen molar-refractivity contribution in [1.29, 1.82) is 0 Å². The number of hydrazine groups is 1. The van der Waals surface area contributed by atoms with Gasteiger partial charge in [0.05, 0.1) is 19.6 Å². The molecule has 2 rings (SSSR count). The molecule has 2 fully saturated rings. The molecule has 14 heavy (non-hydrogen) atoms. The van der Waals surface area contributed by atoms with Gasteiger partial charge in [-0.05, 0) is 0 Å². The van der Waals surface area contributed by atoms with Crippen LogP contribution < -0.4 is 10.9 Å². The van der Waals surface area contributed by atoms with Crippen molar-refractivity contribution in [3.05, 3.63) is 0 Å². The van der Waals surface area contributed by atoms with Crippen LogP contribution in [0.1, 0.15) is 6.42 Å². The van der Waals surface area contributed by atoms with E-state index in [-0.39, 0.29) is 18.2 Å². The lowest BCUT2D eigenvalue weighted by Gasteiger charge is -2.28. The van der Waals surface area contributed by atoms with Gasteiger partial charge >= 0.3 is 0 Å². The molecule has 2 amide bonds. The molecule has 0 aromatic rings. The molecule has 2 heterocycles. The summed E-state index contributed by atoms with van der Waals surface area (Å²) in [6, 6.07) is -0.402. The summed E-state index contributed by atoms with van der Waals surface area (Å²) in [5.41, 5.74) is 5.09. The molecule has 0 aromatic carbocycles.